The van der Waals surface area contributed by atoms with Crippen molar-refractivity contribution in [2.45, 2.75) is 0 Å². The zero-order valence-corrected chi connectivity index (χ0v) is 28.6. The minimum absolute atomic E-state index is 0.637. The lowest BCUT2D eigenvalue weighted by atomic mass is 10.1. The van der Waals surface area contributed by atoms with Crippen LogP contribution in [0.25, 0.3) is 94.4 Å². The number of aromatic nitrogens is 5. The molecule has 53 heavy (non-hydrogen) atoms. The van der Waals surface area contributed by atoms with Gasteiger partial charge in [0.2, 0.25) is 5.95 Å². The summed E-state index contributed by atoms with van der Waals surface area (Å²) in [5.41, 5.74) is 11.7. The van der Waals surface area contributed by atoms with Crippen LogP contribution in [-0.4, -0.2) is 23.7 Å². The zero-order chi connectivity index (χ0) is 34.9. The first-order chi connectivity index (χ1) is 26.3. The lowest BCUT2D eigenvalue weighted by molar-refractivity contribution is 0.996. The molecule has 0 aliphatic heterocycles. The summed E-state index contributed by atoms with van der Waals surface area (Å²) in [4.78, 5) is 10.7. The van der Waals surface area contributed by atoms with Crippen LogP contribution in [0.3, 0.4) is 0 Å². The second-order valence-corrected chi connectivity index (χ2v) is 13.5. The van der Waals surface area contributed by atoms with Gasteiger partial charge >= 0.3 is 0 Å². The molecule has 248 valence electrons. The third-order valence-electron chi connectivity index (χ3n) is 10.5. The van der Waals surface area contributed by atoms with E-state index in [1.807, 2.05) is 12.1 Å². The summed E-state index contributed by atoms with van der Waals surface area (Å²) in [6.45, 7) is 0. The van der Waals surface area contributed by atoms with Crippen LogP contribution < -0.4 is 0 Å². The molecule has 11 aromatic rings. The molecule has 4 aromatic heterocycles. The van der Waals surface area contributed by atoms with Gasteiger partial charge in [0.25, 0.3) is 0 Å². The van der Waals surface area contributed by atoms with Gasteiger partial charge in [-0.05, 0) is 66.7 Å². The van der Waals surface area contributed by atoms with E-state index in [0.29, 0.717) is 5.95 Å². The maximum Gasteiger partial charge on any atom is 0.235 e. The highest BCUT2D eigenvalue weighted by molar-refractivity contribution is 6.20. The van der Waals surface area contributed by atoms with Crippen LogP contribution in [0.2, 0.25) is 0 Å². The zero-order valence-electron chi connectivity index (χ0n) is 28.6. The predicted octanol–water partition coefficient (Wildman–Crippen LogP) is 11.9. The Balaban J connectivity index is 1.29. The normalized spacial score (nSPS) is 11.8. The molecular weight excluding hydrogens is 647 g/mol. The molecule has 0 spiro atoms. The molecule has 0 atom stereocenters. The summed E-state index contributed by atoms with van der Waals surface area (Å²) < 4.78 is 6.94. The molecule has 0 saturated heterocycles. The van der Waals surface area contributed by atoms with Crippen molar-refractivity contribution in [3.63, 3.8) is 0 Å². The van der Waals surface area contributed by atoms with E-state index in [0.717, 1.165) is 72.1 Å². The van der Waals surface area contributed by atoms with Gasteiger partial charge in [-0.15, -0.1) is 0 Å². The molecule has 0 aliphatic rings. The van der Waals surface area contributed by atoms with Gasteiger partial charge in [-0.1, -0.05) is 115 Å². The predicted molar refractivity (Wildman–Crippen MR) is 218 cm³/mol. The van der Waals surface area contributed by atoms with Crippen molar-refractivity contribution < 1.29 is 0 Å². The minimum Gasteiger partial charge on any atom is -0.317 e. The molecule has 4 heterocycles. The van der Waals surface area contributed by atoms with Crippen molar-refractivity contribution >= 4 is 54.5 Å². The molecule has 5 nitrogen and oxygen atoms in total. The van der Waals surface area contributed by atoms with Gasteiger partial charge in [-0.3, -0.25) is 4.57 Å². The Morgan fingerprint density at radius 2 is 0.830 bits per heavy atom. The SMILES string of the molecule is c1ccc(-c2cc(-c3ccccc3)nc(-n3c4cc5ccn(-c6ccccc6)c5cc4c4cc5c(cc43)c3ccccc3n5-c3ccccc3)n2)cc1. The largest absolute Gasteiger partial charge is 0.317 e. The van der Waals surface area contributed by atoms with Gasteiger partial charge in [0.05, 0.1) is 39.0 Å². The van der Waals surface area contributed by atoms with Gasteiger partial charge < -0.3 is 9.13 Å². The second-order valence-electron chi connectivity index (χ2n) is 13.5. The van der Waals surface area contributed by atoms with Crippen molar-refractivity contribution in [2.24, 2.45) is 0 Å². The smallest absolute Gasteiger partial charge is 0.235 e. The summed E-state index contributed by atoms with van der Waals surface area (Å²) in [5.74, 6) is 0.637. The number of fused-ring (bicyclic) bond motifs is 7. The van der Waals surface area contributed by atoms with E-state index in [4.69, 9.17) is 9.97 Å². The van der Waals surface area contributed by atoms with Crippen LogP contribution >= 0.6 is 0 Å². The van der Waals surface area contributed by atoms with Crippen LogP contribution in [0.1, 0.15) is 0 Å². The van der Waals surface area contributed by atoms with Gasteiger partial charge in [-0.25, -0.2) is 9.97 Å². The Morgan fingerprint density at radius 3 is 1.47 bits per heavy atom. The van der Waals surface area contributed by atoms with Crippen LogP contribution in [0.5, 0.6) is 0 Å². The molecule has 7 aromatic carbocycles. The van der Waals surface area contributed by atoms with Gasteiger partial charge in [-0.2, -0.15) is 0 Å². The highest BCUT2D eigenvalue weighted by Gasteiger charge is 2.22. The fourth-order valence-electron chi connectivity index (χ4n) is 8.04. The Bertz CT molecular complexity index is 3080. The van der Waals surface area contributed by atoms with Crippen LogP contribution in [-0.2, 0) is 0 Å². The summed E-state index contributed by atoms with van der Waals surface area (Å²) in [6.07, 6.45) is 2.16. The number of hydrogen-bond acceptors (Lipinski definition) is 2. The summed E-state index contributed by atoms with van der Waals surface area (Å²) >= 11 is 0. The van der Waals surface area contributed by atoms with E-state index in [1.54, 1.807) is 0 Å². The first-order valence-electron chi connectivity index (χ1n) is 17.9. The molecule has 0 aliphatic carbocycles. The maximum atomic E-state index is 5.34. The van der Waals surface area contributed by atoms with Crippen LogP contribution in [0.4, 0.5) is 0 Å². The van der Waals surface area contributed by atoms with Crippen LogP contribution in [0.15, 0.2) is 188 Å². The highest BCUT2D eigenvalue weighted by atomic mass is 15.2. The van der Waals surface area contributed by atoms with E-state index in [-0.39, 0.29) is 0 Å². The lowest BCUT2D eigenvalue weighted by Gasteiger charge is -2.12. The number of hydrogen-bond donors (Lipinski definition) is 0. The van der Waals surface area contributed by atoms with E-state index in [9.17, 15) is 0 Å². The lowest BCUT2D eigenvalue weighted by Crippen LogP contribution is -2.04. The second kappa shape index (κ2) is 11.7. The molecule has 0 radical (unpaired) electrons. The average molecular weight is 678 g/mol. The van der Waals surface area contributed by atoms with Crippen molar-refractivity contribution in [3.8, 4) is 39.8 Å². The molecule has 0 saturated carbocycles. The van der Waals surface area contributed by atoms with Crippen molar-refractivity contribution in [2.75, 3.05) is 0 Å². The molecule has 0 unspecified atom stereocenters. The average Bonchev–Trinajstić information content (AvgIpc) is 3.89. The van der Waals surface area contributed by atoms with Crippen molar-refractivity contribution in [3.05, 3.63) is 188 Å². The van der Waals surface area contributed by atoms with Crippen molar-refractivity contribution in [1.82, 2.24) is 23.7 Å². The fourth-order valence-corrected chi connectivity index (χ4v) is 8.04. The molecule has 0 bridgehead atoms. The Kier molecular flexibility index (Phi) is 6.48. The van der Waals surface area contributed by atoms with Gasteiger partial charge in [0, 0.05) is 55.6 Å². The summed E-state index contributed by atoms with van der Waals surface area (Å²) in [5, 5.41) is 5.82. The fraction of sp³-hybridized carbons (Fsp3) is 0. The quantitative estimate of drug-likeness (QED) is 0.182. The molecule has 0 amide bonds. The third-order valence-corrected chi connectivity index (χ3v) is 10.5. The van der Waals surface area contributed by atoms with Gasteiger partial charge in [0.15, 0.2) is 0 Å². The Morgan fingerprint density at radius 1 is 0.340 bits per heavy atom. The van der Waals surface area contributed by atoms with E-state index in [2.05, 4.69) is 190 Å². The number of rotatable bonds is 5. The monoisotopic (exact) mass is 677 g/mol. The summed E-state index contributed by atoms with van der Waals surface area (Å²) in [6, 6.07) is 64.4. The molecule has 0 N–H and O–H groups in total. The minimum atomic E-state index is 0.637. The first kappa shape index (κ1) is 29.5. The Hall–Kier alpha value is -7.24. The Labute approximate surface area is 305 Å². The van der Waals surface area contributed by atoms with E-state index < -0.39 is 0 Å². The first-order valence-corrected chi connectivity index (χ1v) is 17.9. The van der Waals surface area contributed by atoms with E-state index in [1.165, 1.54) is 16.3 Å². The number of nitrogens with zero attached hydrogens (tertiary/aromatic N) is 5. The standard InChI is InChI=1S/C48H31N5/c1-5-15-32(16-6-1)41-31-42(33-17-7-2-8-18-33)50-48(49-41)53-45-27-34-25-26-51(35-19-9-3-10-20-35)44(34)28-39(45)40-30-46-38(29-47(40)53)37-23-13-14-24-43(37)52(46)36-21-11-4-12-22-36/h1-31H. The summed E-state index contributed by atoms with van der Waals surface area (Å²) in [7, 11) is 0. The third kappa shape index (κ3) is 4.64. The topological polar surface area (TPSA) is 40.6 Å². The maximum absolute atomic E-state index is 5.34. The van der Waals surface area contributed by atoms with E-state index >= 15 is 0 Å². The molecule has 0 fully saturated rings. The molecule has 5 heteroatoms. The highest BCUT2D eigenvalue weighted by Crippen LogP contribution is 2.41. The van der Waals surface area contributed by atoms with Gasteiger partial charge in [0.1, 0.15) is 0 Å². The van der Waals surface area contributed by atoms with Crippen molar-refractivity contribution in [1.29, 1.82) is 0 Å². The van der Waals surface area contributed by atoms with Crippen LogP contribution in [0, 0.1) is 0 Å². The number of para-hydroxylation sites is 3. The molecular formula is C48H31N5. The molecule has 11 rings (SSSR count). The number of benzene rings is 7.